The Bertz CT molecular complexity index is 686. The Morgan fingerprint density at radius 1 is 1.07 bits per heavy atom. The number of rotatable bonds is 7. The zero-order chi connectivity index (χ0) is 18.5. The Morgan fingerprint density at radius 3 is 2.52 bits per heavy atom. The Morgan fingerprint density at radius 2 is 1.81 bits per heavy atom. The lowest BCUT2D eigenvalue weighted by Gasteiger charge is -2.34. The molecule has 0 radical (unpaired) electrons. The highest BCUT2D eigenvalue weighted by atomic mass is 15.6. The first-order valence-corrected chi connectivity index (χ1v) is 10.8. The largest absolute Gasteiger partial charge is 0.322 e. The number of piperazine rings is 1. The van der Waals surface area contributed by atoms with Gasteiger partial charge in [0.15, 0.2) is 0 Å². The normalized spacial score (nSPS) is 24.9. The van der Waals surface area contributed by atoms with E-state index in [0.29, 0.717) is 12.1 Å². The number of benzene rings is 1. The number of quaternary nitrogens is 2. The lowest BCUT2D eigenvalue weighted by atomic mass is 10.1. The van der Waals surface area contributed by atoms with Gasteiger partial charge in [-0.05, 0) is 23.3 Å². The van der Waals surface area contributed by atoms with Crippen molar-refractivity contribution in [2.24, 2.45) is 0 Å². The van der Waals surface area contributed by atoms with Crippen LogP contribution in [0.5, 0.6) is 0 Å². The lowest BCUT2D eigenvalue weighted by molar-refractivity contribution is -1.03. The first kappa shape index (κ1) is 18.6. The zero-order valence-electron chi connectivity index (χ0n) is 16.6. The molecule has 2 aromatic rings. The molecule has 6 heteroatoms. The summed E-state index contributed by atoms with van der Waals surface area (Å²) in [7, 11) is 0. The van der Waals surface area contributed by atoms with Crippen molar-refractivity contribution in [2.45, 2.75) is 64.1 Å². The Kier molecular flexibility index (Phi) is 6.14. The second-order valence-electron chi connectivity index (χ2n) is 8.33. The van der Waals surface area contributed by atoms with Gasteiger partial charge >= 0.3 is 0 Å². The second-order valence-corrected chi connectivity index (χ2v) is 8.33. The molecular formula is C21H34N6+2. The minimum absolute atomic E-state index is 0.448. The van der Waals surface area contributed by atoms with Crippen LogP contribution in [0.15, 0.2) is 30.3 Å². The number of aromatic nitrogens is 4. The van der Waals surface area contributed by atoms with Crippen molar-refractivity contribution in [2.75, 3.05) is 26.2 Å². The SMILES string of the molecule is CCC[C@@H](c1nnnn1C1CCCC1)[NH+]1CC[NH+](Cc2ccccc2)CC1. The van der Waals surface area contributed by atoms with Gasteiger partial charge in [-0.25, -0.2) is 4.68 Å². The summed E-state index contributed by atoms with van der Waals surface area (Å²) in [4.78, 5) is 3.39. The van der Waals surface area contributed by atoms with Crippen LogP contribution in [0.3, 0.4) is 0 Å². The van der Waals surface area contributed by atoms with E-state index in [4.69, 9.17) is 0 Å². The highest BCUT2D eigenvalue weighted by molar-refractivity contribution is 5.13. The minimum Gasteiger partial charge on any atom is -0.322 e. The highest BCUT2D eigenvalue weighted by Crippen LogP contribution is 2.30. The summed E-state index contributed by atoms with van der Waals surface area (Å²) in [5.41, 5.74) is 1.45. The van der Waals surface area contributed by atoms with E-state index < -0.39 is 0 Å². The molecule has 1 saturated heterocycles. The fourth-order valence-corrected chi connectivity index (χ4v) is 4.98. The molecule has 0 bridgehead atoms. The molecule has 1 saturated carbocycles. The standard InChI is InChI=1S/C21H32N6/c1-2-8-20(21-22-23-24-27(21)19-11-6-7-12-19)26-15-13-25(14-16-26)17-18-9-4-3-5-10-18/h3-5,9-10,19-20H,2,6-8,11-17H2,1H3/p+2/t20-/m0/s1. The van der Waals surface area contributed by atoms with Crippen molar-refractivity contribution in [3.63, 3.8) is 0 Å². The van der Waals surface area contributed by atoms with Crippen LogP contribution in [0.1, 0.15) is 68.9 Å². The fraction of sp³-hybridized carbons (Fsp3) is 0.667. The van der Waals surface area contributed by atoms with Gasteiger partial charge in [0, 0.05) is 12.0 Å². The van der Waals surface area contributed by atoms with E-state index in [1.54, 1.807) is 9.80 Å². The van der Waals surface area contributed by atoms with Crippen LogP contribution in [0.2, 0.25) is 0 Å². The van der Waals surface area contributed by atoms with Crippen LogP contribution in [0.25, 0.3) is 0 Å². The number of hydrogen-bond acceptors (Lipinski definition) is 3. The van der Waals surface area contributed by atoms with Crippen LogP contribution >= 0.6 is 0 Å². The fourth-order valence-electron chi connectivity index (χ4n) is 4.98. The smallest absolute Gasteiger partial charge is 0.209 e. The molecule has 1 aromatic heterocycles. The molecule has 146 valence electrons. The number of nitrogens with one attached hydrogen (secondary N) is 2. The van der Waals surface area contributed by atoms with Crippen molar-refractivity contribution in [1.82, 2.24) is 20.2 Å². The van der Waals surface area contributed by atoms with Gasteiger partial charge < -0.3 is 9.80 Å². The van der Waals surface area contributed by atoms with E-state index in [9.17, 15) is 0 Å². The van der Waals surface area contributed by atoms with Crippen LogP contribution < -0.4 is 9.80 Å². The van der Waals surface area contributed by atoms with Crippen molar-refractivity contribution >= 4 is 0 Å². The average molecular weight is 371 g/mol. The lowest BCUT2D eigenvalue weighted by Crippen LogP contribution is -3.27. The van der Waals surface area contributed by atoms with Crippen molar-refractivity contribution in [3.05, 3.63) is 41.7 Å². The molecule has 0 spiro atoms. The molecule has 6 nitrogen and oxygen atoms in total. The van der Waals surface area contributed by atoms with E-state index in [1.807, 2.05) is 0 Å². The summed E-state index contributed by atoms with van der Waals surface area (Å²) in [6.07, 6.45) is 7.47. The Balaban J connectivity index is 1.41. The molecule has 1 aliphatic heterocycles. The maximum Gasteiger partial charge on any atom is 0.209 e. The molecule has 1 aromatic carbocycles. The predicted molar refractivity (Wildman–Crippen MR) is 105 cm³/mol. The maximum atomic E-state index is 4.52. The number of hydrogen-bond donors (Lipinski definition) is 2. The molecule has 2 aliphatic rings. The summed E-state index contributed by atoms with van der Waals surface area (Å²) < 4.78 is 2.18. The molecule has 27 heavy (non-hydrogen) atoms. The number of tetrazole rings is 1. The summed E-state index contributed by atoms with van der Waals surface area (Å²) in [5, 5.41) is 13.0. The van der Waals surface area contributed by atoms with Crippen molar-refractivity contribution < 1.29 is 9.80 Å². The topological polar surface area (TPSA) is 52.5 Å². The van der Waals surface area contributed by atoms with Gasteiger partial charge in [-0.3, -0.25) is 0 Å². The van der Waals surface area contributed by atoms with E-state index in [-0.39, 0.29) is 0 Å². The van der Waals surface area contributed by atoms with Crippen LogP contribution in [-0.2, 0) is 6.54 Å². The zero-order valence-corrected chi connectivity index (χ0v) is 16.6. The van der Waals surface area contributed by atoms with Gasteiger partial charge in [-0.2, -0.15) is 0 Å². The third kappa shape index (κ3) is 4.38. The Labute approximate surface area is 162 Å². The third-order valence-electron chi connectivity index (χ3n) is 6.47. The quantitative estimate of drug-likeness (QED) is 0.751. The highest BCUT2D eigenvalue weighted by Gasteiger charge is 2.35. The summed E-state index contributed by atoms with van der Waals surface area (Å²) >= 11 is 0. The van der Waals surface area contributed by atoms with Gasteiger partial charge in [0.1, 0.15) is 38.8 Å². The van der Waals surface area contributed by atoms with Gasteiger partial charge in [0.2, 0.25) is 5.82 Å². The van der Waals surface area contributed by atoms with Gasteiger partial charge in [0.05, 0.1) is 6.04 Å². The van der Waals surface area contributed by atoms with E-state index in [0.717, 1.165) is 12.4 Å². The number of nitrogens with zero attached hydrogens (tertiary/aromatic N) is 4. The van der Waals surface area contributed by atoms with E-state index in [2.05, 4.69) is 57.5 Å². The maximum absolute atomic E-state index is 4.52. The van der Waals surface area contributed by atoms with Gasteiger partial charge in [-0.15, -0.1) is 5.10 Å². The predicted octanol–water partition coefficient (Wildman–Crippen LogP) is 0.613. The van der Waals surface area contributed by atoms with E-state index in [1.165, 1.54) is 70.3 Å². The monoisotopic (exact) mass is 370 g/mol. The summed E-state index contributed by atoms with van der Waals surface area (Å²) in [5.74, 6) is 1.14. The average Bonchev–Trinajstić information content (AvgIpc) is 3.39. The van der Waals surface area contributed by atoms with Crippen LogP contribution in [0, 0.1) is 0 Å². The van der Waals surface area contributed by atoms with Crippen LogP contribution in [0.4, 0.5) is 0 Å². The van der Waals surface area contributed by atoms with Crippen molar-refractivity contribution in [3.8, 4) is 0 Å². The van der Waals surface area contributed by atoms with Gasteiger partial charge in [0.25, 0.3) is 0 Å². The summed E-state index contributed by atoms with van der Waals surface area (Å²) in [6, 6.07) is 11.9. The van der Waals surface area contributed by atoms with Crippen LogP contribution in [-0.4, -0.2) is 46.4 Å². The molecule has 2 heterocycles. The van der Waals surface area contributed by atoms with Crippen molar-refractivity contribution in [1.29, 1.82) is 0 Å². The third-order valence-corrected chi connectivity index (χ3v) is 6.47. The summed E-state index contributed by atoms with van der Waals surface area (Å²) in [6.45, 7) is 8.32. The second kappa shape index (κ2) is 8.93. The molecule has 0 amide bonds. The molecular weight excluding hydrogens is 336 g/mol. The molecule has 1 aliphatic carbocycles. The molecule has 0 unspecified atom stereocenters. The molecule has 2 N–H and O–H groups in total. The minimum atomic E-state index is 0.448. The van der Waals surface area contributed by atoms with Gasteiger partial charge in [-0.1, -0.05) is 56.5 Å². The molecule has 2 fully saturated rings. The molecule has 1 atom stereocenters. The van der Waals surface area contributed by atoms with E-state index >= 15 is 0 Å². The first-order chi connectivity index (χ1) is 13.3. The Hall–Kier alpha value is -1.79. The molecule has 4 rings (SSSR count). The first-order valence-electron chi connectivity index (χ1n) is 10.8.